The van der Waals surface area contributed by atoms with Gasteiger partial charge in [-0.1, -0.05) is 13.8 Å². The van der Waals surface area contributed by atoms with Gasteiger partial charge in [-0.3, -0.25) is 14.4 Å². The average Bonchev–Trinajstić information content (AvgIpc) is 3.22. The van der Waals surface area contributed by atoms with E-state index in [2.05, 4.69) is 26.3 Å². The minimum atomic E-state index is -1.10. The van der Waals surface area contributed by atoms with Crippen molar-refractivity contribution in [2.24, 2.45) is 5.92 Å². The van der Waals surface area contributed by atoms with Crippen molar-refractivity contribution in [1.29, 1.82) is 0 Å². The lowest BCUT2D eigenvalue weighted by atomic mass is 10.0. The molecule has 13 nitrogen and oxygen atoms in total. The molecule has 0 spiro atoms. The lowest BCUT2D eigenvalue weighted by molar-refractivity contribution is -0.140. The molecule has 32 heavy (non-hydrogen) atoms. The molecule has 0 fully saturated rings. The van der Waals surface area contributed by atoms with Crippen molar-refractivity contribution in [1.82, 2.24) is 26.3 Å². The third-order valence-corrected chi connectivity index (χ3v) is 4.69. The third-order valence-electron chi connectivity index (χ3n) is 4.69. The number of rotatable bonds is 10. The fraction of sp³-hybridized carbons (Fsp3) is 0.684. The molecule has 0 radical (unpaired) electrons. The highest BCUT2D eigenvalue weighted by molar-refractivity contribution is 6.38. The SMILES string of the molecule is COCCOCCOC(=O)NC(C(=O)NC1CCc2nnoc2CNC(=O)C1=O)C(C)C. The van der Waals surface area contributed by atoms with Gasteiger partial charge in [-0.05, 0) is 18.8 Å². The highest BCUT2D eigenvalue weighted by Gasteiger charge is 2.33. The smallest absolute Gasteiger partial charge is 0.407 e. The Morgan fingerprint density at radius 3 is 2.69 bits per heavy atom. The number of fused-ring (bicyclic) bond motifs is 1. The third kappa shape index (κ3) is 7.57. The number of carbonyl (C=O) groups is 4. The van der Waals surface area contributed by atoms with Gasteiger partial charge in [0, 0.05) is 12.4 Å². The maximum Gasteiger partial charge on any atom is 0.407 e. The van der Waals surface area contributed by atoms with Crippen molar-refractivity contribution >= 4 is 23.7 Å². The summed E-state index contributed by atoms with van der Waals surface area (Å²) in [5.41, 5.74) is 0.495. The Labute approximate surface area is 184 Å². The molecular weight excluding hydrogens is 426 g/mol. The van der Waals surface area contributed by atoms with Gasteiger partial charge in [0.2, 0.25) is 11.7 Å². The van der Waals surface area contributed by atoms with Crippen LogP contribution in [0.1, 0.15) is 31.7 Å². The number of aromatic nitrogens is 2. The number of hydrogen-bond acceptors (Lipinski definition) is 10. The first-order valence-electron chi connectivity index (χ1n) is 10.3. The average molecular weight is 455 g/mol. The minimum absolute atomic E-state index is 0.00265. The van der Waals surface area contributed by atoms with Crippen molar-refractivity contribution in [3.8, 4) is 0 Å². The predicted octanol–water partition coefficient (Wildman–Crippen LogP) is -0.900. The molecule has 1 aliphatic heterocycles. The molecule has 0 aromatic carbocycles. The van der Waals surface area contributed by atoms with Gasteiger partial charge in [-0.25, -0.2) is 4.79 Å². The molecule has 1 aliphatic rings. The van der Waals surface area contributed by atoms with Crippen LogP contribution in [0.15, 0.2) is 4.52 Å². The molecule has 1 aromatic rings. The van der Waals surface area contributed by atoms with Gasteiger partial charge >= 0.3 is 6.09 Å². The van der Waals surface area contributed by atoms with Gasteiger partial charge in [0.15, 0.2) is 5.76 Å². The van der Waals surface area contributed by atoms with E-state index in [1.807, 2.05) is 0 Å². The van der Waals surface area contributed by atoms with Gasteiger partial charge in [-0.2, -0.15) is 0 Å². The van der Waals surface area contributed by atoms with Crippen LogP contribution in [0.5, 0.6) is 0 Å². The standard InChI is InChI=1S/C19H29N5O8/c1-11(2)15(22-19(28)31-9-8-30-7-6-29-3)17(26)21-13-5-4-12-14(32-24-23-12)10-20-18(27)16(13)25/h11,13,15H,4-10H2,1-3H3,(H,20,27)(H,21,26)(H,22,28). The van der Waals surface area contributed by atoms with E-state index >= 15 is 0 Å². The van der Waals surface area contributed by atoms with Gasteiger partial charge in [0.25, 0.3) is 5.91 Å². The minimum Gasteiger partial charge on any atom is -0.447 e. The summed E-state index contributed by atoms with van der Waals surface area (Å²) in [5, 5.41) is 14.8. The van der Waals surface area contributed by atoms with Crippen LogP contribution in [0.25, 0.3) is 0 Å². The number of nitrogens with one attached hydrogen (secondary N) is 3. The summed E-state index contributed by atoms with van der Waals surface area (Å²) in [6.45, 7) is 4.40. The van der Waals surface area contributed by atoms with Crippen LogP contribution >= 0.6 is 0 Å². The van der Waals surface area contributed by atoms with E-state index in [-0.39, 0.29) is 38.5 Å². The lowest BCUT2D eigenvalue weighted by Crippen LogP contribution is -2.55. The van der Waals surface area contributed by atoms with Crippen molar-refractivity contribution in [3.63, 3.8) is 0 Å². The topological polar surface area (TPSA) is 171 Å². The van der Waals surface area contributed by atoms with Crippen molar-refractivity contribution in [2.45, 2.75) is 45.3 Å². The van der Waals surface area contributed by atoms with E-state index in [0.717, 1.165) is 0 Å². The molecule has 2 unspecified atom stereocenters. The summed E-state index contributed by atoms with van der Waals surface area (Å²) in [6.07, 6.45) is -0.408. The number of hydrogen-bond donors (Lipinski definition) is 3. The number of methoxy groups -OCH3 is 1. The van der Waals surface area contributed by atoms with Crippen LogP contribution in [0.3, 0.4) is 0 Å². The molecule has 3 N–H and O–H groups in total. The fourth-order valence-electron chi connectivity index (χ4n) is 2.91. The van der Waals surface area contributed by atoms with E-state index in [0.29, 0.717) is 24.7 Å². The summed E-state index contributed by atoms with van der Waals surface area (Å²) in [6, 6.07) is -2.08. The Morgan fingerprint density at radius 1 is 1.22 bits per heavy atom. The first-order chi connectivity index (χ1) is 15.3. The van der Waals surface area contributed by atoms with Crippen molar-refractivity contribution < 1.29 is 37.9 Å². The molecule has 2 rings (SSSR count). The molecule has 1 aromatic heterocycles. The number of nitrogens with zero attached hydrogens (tertiary/aromatic N) is 2. The molecule has 0 bridgehead atoms. The monoisotopic (exact) mass is 455 g/mol. The molecule has 2 heterocycles. The largest absolute Gasteiger partial charge is 0.447 e. The summed E-state index contributed by atoms with van der Waals surface area (Å²) >= 11 is 0. The van der Waals surface area contributed by atoms with Crippen LogP contribution in [0, 0.1) is 5.92 Å². The van der Waals surface area contributed by atoms with Crippen molar-refractivity contribution in [2.75, 3.05) is 33.5 Å². The fourth-order valence-corrected chi connectivity index (χ4v) is 2.91. The quantitative estimate of drug-likeness (QED) is 0.297. The van der Waals surface area contributed by atoms with E-state index in [1.54, 1.807) is 21.0 Å². The summed E-state index contributed by atoms with van der Waals surface area (Å²) in [7, 11) is 1.55. The van der Waals surface area contributed by atoms with E-state index in [1.165, 1.54) is 0 Å². The second-order valence-corrected chi connectivity index (χ2v) is 7.40. The van der Waals surface area contributed by atoms with Crippen LogP contribution < -0.4 is 16.0 Å². The van der Waals surface area contributed by atoms with Gasteiger partial charge in [0.1, 0.15) is 18.3 Å². The Balaban J connectivity index is 1.93. The molecular formula is C19H29N5O8. The number of aryl methyl sites for hydroxylation is 1. The lowest BCUT2D eigenvalue weighted by Gasteiger charge is -2.24. The van der Waals surface area contributed by atoms with E-state index < -0.39 is 35.8 Å². The number of amides is 3. The van der Waals surface area contributed by atoms with Crippen molar-refractivity contribution in [3.05, 3.63) is 11.5 Å². The summed E-state index contributed by atoms with van der Waals surface area (Å²) in [5.74, 6) is -2.23. The Hall–Kier alpha value is -3.06. The molecule has 178 valence electrons. The zero-order chi connectivity index (χ0) is 23.5. The molecule has 3 amide bonds. The first-order valence-corrected chi connectivity index (χ1v) is 10.3. The highest BCUT2D eigenvalue weighted by atomic mass is 16.6. The molecule has 0 saturated heterocycles. The number of ether oxygens (including phenoxy) is 3. The number of alkyl carbamates (subject to hydrolysis) is 1. The molecule has 13 heteroatoms. The molecule has 2 atom stereocenters. The highest BCUT2D eigenvalue weighted by Crippen LogP contribution is 2.12. The van der Waals surface area contributed by atoms with Crippen LogP contribution in [-0.2, 0) is 41.6 Å². The Morgan fingerprint density at radius 2 is 1.97 bits per heavy atom. The Bertz CT molecular complexity index is 796. The zero-order valence-corrected chi connectivity index (χ0v) is 18.3. The predicted molar refractivity (Wildman–Crippen MR) is 107 cm³/mol. The van der Waals surface area contributed by atoms with Crippen LogP contribution in [0.2, 0.25) is 0 Å². The molecule has 0 aliphatic carbocycles. The number of Topliss-reactive ketones (excluding diaryl/α,β-unsaturated/α-hetero) is 1. The maximum absolute atomic E-state index is 12.8. The summed E-state index contributed by atoms with van der Waals surface area (Å²) in [4.78, 5) is 49.5. The van der Waals surface area contributed by atoms with Gasteiger partial charge in [0.05, 0.1) is 32.4 Å². The second-order valence-electron chi connectivity index (χ2n) is 7.40. The Kier molecular flexibility index (Phi) is 10.0. The van der Waals surface area contributed by atoms with Gasteiger partial charge < -0.3 is 34.7 Å². The maximum atomic E-state index is 12.8. The zero-order valence-electron chi connectivity index (χ0n) is 18.3. The summed E-state index contributed by atoms with van der Waals surface area (Å²) < 4.78 is 20.0. The normalized spacial score (nSPS) is 17.4. The second kappa shape index (κ2) is 12.7. The van der Waals surface area contributed by atoms with Crippen LogP contribution in [-0.4, -0.2) is 79.7 Å². The van der Waals surface area contributed by atoms with Crippen LogP contribution in [0.4, 0.5) is 4.79 Å². The van der Waals surface area contributed by atoms with E-state index in [9.17, 15) is 19.2 Å². The number of ketones is 1. The van der Waals surface area contributed by atoms with E-state index in [4.69, 9.17) is 18.7 Å². The number of carbonyl (C=O) groups excluding carboxylic acids is 4. The van der Waals surface area contributed by atoms with Gasteiger partial charge in [-0.15, -0.1) is 5.10 Å². The first kappa shape index (κ1) is 25.2. The molecule has 0 saturated carbocycles.